The van der Waals surface area contributed by atoms with Gasteiger partial charge in [-0.3, -0.25) is 4.79 Å². The molecular weight excluding hydrogens is 363 g/mol. The fourth-order valence-corrected chi connectivity index (χ4v) is 3.10. The Hall–Kier alpha value is -2.51. The fourth-order valence-electron chi connectivity index (χ4n) is 2.08. The van der Waals surface area contributed by atoms with Crippen molar-refractivity contribution in [1.82, 2.24) is 15.3 Å². The Balaban J connectivity index is 1.65. The quantitative estimate of drug-likeness (QED) is 0.696. The van der Waals surface area contributed by atoms with E-state index >= 15 is 0 Å². The highest BCUT2D eigenvalue weighted by Crippen LogP contribution is 2.25. The highest BCUT2D eigenvalue weighted by atomic mass is 35.5. The Bertz CT molecular complexity index is 881. The molecule has 1 aromatic carbocycles. The van der Waals surface area contributed by atoms with E-state index in [1.54, 1.807) is 19.1 Å². The maximum Gasteiger partial charge on any atom is 0.263 e. The van der Waals surface area contributed by atoms with E-state index in [2.05, 4.69) is 20.6 Å². The van der Waals surface area contributed by atoms with Crippen molar-refractivity contribution >= 4 is 39.8 Å². The van der Waals surface area contributed by atoms with Gasteiger partial charge in [0.15, 0.2) is 5.13 Å². The van der Waals surface area contributed by atoms with Crippen molar-refractivity contribution in [2.75, 3.05) is 5.32 Å². The Morgan fingerprint density at radius 1 is 1.24 bits per heavy atom. The Labute approximate surface area is 152 Å². The molecule has 2 N–H and O–H groups in total. The van der Waals surface area contributed by atoms with Gasteiger partial charge in [0, 0.05) is 11.6 Å². The molecule has 1 amide bonds. The number of nitrogens with zero attached hydrogens (tertiary/aromatic N) is 2. The average molecular weight is 377 g/mol. The van der Waals surface area contributed by atoms with Gasteiger partial charge in [-0.15, -0.1) is 0 Å². The summed E-state index contributed by atoms with van der Waals surface area (Å²) in [6.07, 6.45) is 1.11. The molecule has 0 spiro atoms. The predicted octanol–water partition coefficient (Wildman–Crippen LogP) is 4.31. The normalized spacial score (nSPS) is 10.5. The van der Waals surface area contributed by atoms with Gasteiger partial charge in [0.05, 0.1) is 11.9 Å². The van der Waals surface area contributed by atoms with Crippen molar-refractivity contribution < 1.29 is 9.18 Å². The lowest BCUT2D eigenvalue weighted by molar-refractivity contribution is 0.0954. The van der Waals surface area contributed by atoms with Gasteiger partial charge in [-0.25, -0.2) is 14.4 Å². The molecule has 0 bridgehead atoms. The smallest absolute Gasteiger partial charge is 0.263 e. The van der Waals surface area contributed by atoms with Crippen LogP contribution in [0, 0.1) is 12.7 Å². The van der Waals surface area contributed by atoms with Gasteiger partial charge in [-0.2, -0.15) is 0 Å². The number of nitrogens with one attached hydrogen (secondary N) is 2. The van der Waals surface area contributed by atoms with Gasteiger partial charge in [-0.1, -0.05) is 35.1 Å². The molecule has 2 heterocycles. The second-order valence-electron chi connectivity index (χ2n) is 5.23. The molecule has 8 heteroatoms. The van der Waals surface area contributed by atoms with Gasteiger partial charge in [0.2, 0.25) is 0 Å². The largest absolute Gasteiger partial charge is 0.347 e. The van der Waals surface area contributed by atoms with Crippen molar-refractivity contribution in [3.8, 4) is 0 Å². The van der Waals surface area contributed by atoms with Gasteiger partial charge in [0.1, 0.15) is 16.5 Å². The zero-order valence-corrected chi connectivity index (χ0v) is 14.8. The minimum atomic E-state index is -0.414. The van der Waals surface area contributed by atoms with Gasteiger partial charge in [-0.05, 0) is 36.8 Å². The molecule has 0 radical (unpaired) electrons. The van der Waals surface area contributed by atoms with Crippen molar-refractivity contribution in [2.24, 2.45) is 0 Å². The number of anilines is 2. The number of thiazole rings is 1. The summed E-state index contributed by atoms with van der Waals surface area (Å²) in [5.41, 5.74) is 1.57. The lowest BCUT2D eigenvalue weighted by Crippen LogP contribution is -2.22. The first kappa shape index (κ1) is 17.3. The van der Waals surface area contributed by atoms with Crippen LogP contribution in [0.15, 0.2) is 42.6 Å². The van der Waals surface area contributed by atoms with Crippen LogP contribution in [0.4, 0.5) is 15.3 Å². The van der Waals surface area contributed by atoms with Crippen molar-refractivity contribution in [1.29, 1.82) is 0 Å². The zero-order chi connectivity index (χ0) is 17.8. The minimum Gasteiger partial charge on any atom is -0.347 e. The van der Waals surface area contributed by atoms with Crippen LogP contribution < -0.4 is 10.6 Å². The summed E-state index contributed by atoms with van der Waals surface area (Å²) in [6.45, 7) is 2.16. The predicted molar refractivity (Wildman–Crippen MR) is 97.0 cm³/mol. The molecule has 0 aliphatic carbocycles. The van der Waals surface area contributed by atoms with Crippen molar-refractivity contribution in [3.05, 3.63) is 69.6 Å². The highest BCUT2D eigenvalue weighted by molar-refractivity contribution is 7.17. The highest BCUT2D eigenvalue weighted by Gasteiger charge is 2.15. The first-order chi connectivity index (χ1) is 12.0. The van der Waals surface area contributed by atoms with E-state index in [0.717, 1.165) is 11.8 Å². The number of halogens is 2. The number of aryl methyl sites for hydroxylation is 1. The van der Waals surface area contributed by atoms with E-state index in [9.17, 15) is 9.18 Å². The number of amides is 1. The number of pyridine rings is 1. The molecule has 0 aliphatic heterocycles. The molecule has 0 saturated heterocycles. The molecule has 3 rings (SSSR count). The molecule has 2 aromatic heterocycles. The molecule has 25 heavy (non-hydrogen) atoms. The summed E-state index contributed by atoms with van der Waals surface area (Å²) >= 11 is 7.06. The van der Waals surface area contributed by atoms with Crippen molar-refractivity contribution in [2.45, 2.75) is 13.5 Å². The fraction of sp³-hybridized carbons (Fsp3) is 0.118. The molecular formula is C17H14ClFN4OS. The van der Waals surface area contributed by atoms with Crippen LogP contribution in [-0.2, 0) is 6.54 Å². The second kappa shape index (κ2) is 7.58. The van der Waals surface area contributed by atoms with Gasteiger partial charge < -0.3 is 10.6 Å². The van der Waals surface area contributed by atoms with Crippen LogP contribution in [0.5, 0.6) is 0 Å². The average Bonchev–Trinajstić information content (AvgIpc) is 2.96. The molecule has 128 valence electrons. The van der Waals surface area contributed by atoms with E-state index < -0.39 is 5.82 Å². The van der Waals surface area contributed by atoms with E-state index in [1.807, 2.05) is 12.1 Å². The summed E-state index contributed by atoms with van der Waals surface area (Å²) < 4.78 is 12.9. The zero-order valence-electron chi connectivity index (χ0n) is 13.2. The Kier molecular flexibility index (Phi) is 5.25. The van der Waals surface area contributed by atoms with Crippen LogP contribution in [0.3, 0.4) is 0 Å². The molecule has 0 aliphatic rings. The third kappa shape index (κ3) is 4.52. The maximum atomic E-state index is 12.9. The third-order valence-corrected chi connectivity index (χ3v) is 4.66. The number of hydrogen-bond donors (Lipinski definition) is 2. The Morgan fingerprint density at radius 3 is 2.68 bits per heavy atom. The first-order valence-corrected chi connectivity index (χ1v) is 8.59. The summed E-state index contributed by atoms with van der Waals surface area (Å²) in [5.74, 6) is -0.156. The molecule has 0 saturated carbocycles. The number of benzene rings is 1. The van der Waals surface area contributed by atoms with E-state index in [1.165, 1.54) is 23.5 Å². The number of hydrogen-bond acceptors (Lipinski definition) is 5. The Morgan fingerprint density at radius 2 is 2.00 bits per heavy atom. The van der Waals surface area contributed by atoms with Crippen LogP contribution >= 0.6 is 22.9 Å². The summed E-state index contributed by atoms with van der Waals surface area (Å²) in [7, 11) is 0. The lowest BCUT2D eigenvalue weighted by atomic mass is 10.2. The van der Waals surface area contributed by atoms with Crippen LogP contribution in [-0.4, -0.2) is 15.9 Å². The second-order valence-corrected chi connectivity index (χ2v) is 6.66. The van der Waals surface area contributed by atoms with Crippen LogP contribution in [0.2, 0.25) is 5.02 Å². The molecule has 0 atom stereocenters. The van der Waals surface area contributed by atoms with E-state index in [-0.39, 0.29) is 5.91 Å². The van der Waals surface area contributed by atoms with Crippen molar-refractivity contribution in [3.63, 3.8) is 0 Å². The molecule has 0 unspecified atom stereocenters. The summed E-state index contributed by atoms with van der Waals surface area (Å²) in [6, 6.07) is 10.1. The maximum absolute atomic E-state index is 12.9. The molecule has 5 nitrogen and oxygen atoms in total. The number of carbonyl (C=O) groups is 1. The van der Waals surface area contributed by atoms with Gasteiger partial charge >= 0.3 is 0 Å². The number of carbonyl (C=O) groups excluding carboxylic acids is 1. The monoisotopic (exact) mass is 376 g/mol. The minimum absolute atomic E-state index is 0.204. The summed E-state index contributed by atoms with van der Waals surface area (Å²) in [5, 5.41) is 6.99. The van der Waals surface area contributed by atoms with Crippen LogP contribution in [0.1, 0.15) is 20.9 Å². The van der Waals surface area contributed by atoms with Crippen LogP contribution in [0.25, 0.3) is 0 Å². The topological polar surface area (TPSA) is 66.9 Å². The summed E-state index contributed by atoms with van der Waals surface area (Å²) in [4.78, 5) is 21.1. The standard InChI is InChI=1S/C17H14ClFN4OS/c1-10-15(16(24)21-8-11-2-4-12(18)5-3-11)25-17(22-10)23-14-7-6-13(19)9-20-14/h2-7,9H,8H2,1H3,(H,21,24)(H,20,22,23). The van der Waals surface area contributed by atoms with E-state index in [4.69, 9.17) is 11.6 Å². The molecule has 0 fully saturated rings. The SMILES string of the molecule is Cc1nc(Nc2ccc(F)cn2)sc1C(=O)NCc1ccc(Cl)cc1. The number of aromatic nitrogens is 2. The third-order valence-electron chi connectivity index (χ3n) is 3.33. The first-order valence-electron chi connectivity index (χ1n) is 7.40. The number of rotatable bonds is 5. The van der Waals surface area contributed by atoms with Gasteiger partial charge in [0.25, 0.3) is 5.91 Å². The van der Waals surface area contributed by atoms with E-state index in [0.29, 0.717) is 33.1 Å². The molecule has 3 aromatic rings. The lowest BCUT2D eigenvalue weighted by Gasteiger charge is -2.04.